The average molecular weight is 344 g/mol. The summed E-state index contributed by atoms with van der Waals surface area (Å²) in [6.07, 6.45) is 1.39. The maximum Gasteiger partial charge on any atom is 0.269 e. The minimum absolute atomic E-state index is 0.0568. The number of rotatable bonds is 7. The van der Waals surface area contributed by atoms with Gasteiger partial charge >= 0.3 is 0 Å². The number of benzene rings is 1. The second-order valence-corrected chi connectivity index (χ2v) is 5.47. The van der Waals surface area contributed by atoms with E-state index in [4.69, 9.17) is 5.26 Å². The Labute approximate surface area is 145 Å². The number of nitriles is 1. The number of hydrogen-bond acceptors (Lipinski definition) is 7. The fraction of sp³-hybridized carbons (Fsp3) is 0.375. The number of non-ortho nitro benzene ring substituents is 1. The molecule has 2 rings (SSSR count). The monoisotopic (exact) mass is 344 g/mol. The summed E-state index contributed by atoms with van der Waals surface area (Å²) in [6.45, 7) is 5.37. The summed E-state index contributed by atoms with van der Waals surface area (Å²) in [5.41, 5.74) is 0.264. The quantitative estimate of drug-likeness (QED) is 0.215. The van der Waals surface area contributed by atoms with Crippen molar-refractivity contribution in [2.24, 2.45) is 0 Å². The molecule has 25 heavy (non-hydrogen) atoms. The summed E-state index contributed by atoms with van der Waals surface area (Å²) in [7, 11) is 0. The van der Waals surface area contributed by atoms with Gasteiger partial charge in [-0.2, -0.15) is 5.26 Å². The Kier molecular flexibility index (Phi) is 6.88. The standard InChI is InChI=1S/C16H20N6O3/c17-11-13(12-19-7-10-21-8-5-18-6-9-21)16(23)20-14-1-3-15(4-2-14)22(24)25/h1-4,12,18-19H,5-10H2,(H,20,23)/b13-12-. The highest BCUT2D eigenvalue weighted by molar-refractivity contribution is 6.06. The van der Waals surface area contributed by atoms with Crippen molar-refractivity contribution in [2.75, 3.05) is 44.6 Å². The molecule has 0 spiro atoms. The lowest BCUT2D eigenvalue weighted by atomic mass is 10.2. The van der Waals surface area contributed by atoms with Crippen molar-refractivity contribution in [3.8, 4) is 6.07 Å². The molecule has 1 fully saturated rings. The van der Waals surface area contributed by atoms with E-state index < -0.39 is 10.8 Å². The average Bonchev–Trinajstić information content (AvgIpc) is 2.63. The first-order valence-electron chi connectivity index (χ1n) is 7.92. The van der Waals surface area contributed by atoms with Crippen LogP contribution in [0.15, 0.2) is 36.0 Å². The summed E-state index contributed by atoms with van der Waals surface area (Å²) < 4.78 is 0. The summed E-state index contributed by atoms with van der Waals surface area (Å²) in [5.74, 6) is -0.564. The minimum Gasteiger partial charge on any atom is -0.388 e. The largest absolute Gasteiger partial charge is 0.388 e. The molecule has 1 aliphatic heterocycles. The Morgan fingerprint density at radius 3 is 2.64 bits per heavy atom. The van der Waals surface area contributed by atoms with E-state index in [1.165, 1.54) is 30.5 Å². The highest BCUT2D eigenvalue weighted by atomic mass is 16.6. The van der Waals surface area contributed by atoms with Gasteiger partial charge in [-0.15, -0.1) is 0 Å². The van der Waals surface area contributed by atoms with Gasteiger partial charge in [0.1, 0.15) is 11.6 Å². The molecule has 132 valence electrons. The molecule has 1 saturated heterocycles. The van der Waals surface area contributed by atoms with Crippen LogP contribution in [0.2, 0.25) is 0 Å². The number of carbonyl (C=O) groups is 1. The van der Waals surface area contributed by atoms with E-state index in [9.17, 15) is 14.9 Å². The number of hydrogen-bond donors (Lipinski definition) is 3. The third-order valence-electron chi connectivity index (χ3n) is 3.73. The Hall–Kier alpha value is -2.96. The highest BCUT2D eigenvalue weighted by Crippen LogP contribution is 2.15. The molecule has 1 heterocycles. The van der Waals surface area contributed by atoms with Crippen LogP contribution >= 0.6 is 0 Å². The molecule has 9 heteroatoms. The predicted octanol–water partition coefficient (Wildman–Crippen LogP) is 0.436. The minimum atomic E-state index is -0.564. The van der Waals surface area contributed by atoms with Crippen LogP contribution in [-0.4, -0.2) is 55.0 Å². The van der Waals surface area contributed by atoms with Gasteiger partial charge in [-0.1, -0.05) is 0 Å². The third kappa shape index (κ3) is 5.87. The number of nitro benzene ring substituents is 1. The number of carbonyl (C=O) groups excluding carboxylic acids is 1. The summed E-state index contributed by atoms with van der Waals surface area (Å²) in [4.78, 5) is 24.4. The van der Waals surface area contributed by atoms with Crippen molar-refractivity contribution < 1.29 is 9.72 Å². The number of amides is 1. The van der Waals surface area contributed by atoms with Crippen LogP contribution in [0.25, 0.3) is 0 Å². The lowest BCUT2D eigenvalue weighted by Gasteiger charge is -2.26. The third-order valence-corrected chi connectivity index (χ3v) is 3.73. The lowest BCUT2D eigenvalue weighted by molar-refractivity contribution is -0.384. The molecule has 0 aliphatic carbocycles. The zero-order chi connectivity index (χ0) is 18.1. The van der Waals surface area contributed by atoms with E-state index in [0.717, 1.165) is 32.7 Å². The van der Waals surface area contributed by atoms with Crippen LogP contribution in [0.1, 0.15) is 0 Å². The normalized spacial score (nSPS) is 15.2. The Morgan fingerprint density at radius 1 is 1.36 bits per heavy atom. The van der Waals surface area contributed by atoms with Gasteiger partial charge < -0.3 is 16.0 Å². The van der Waals surface area contributed by atoms with Crippen molar-refractivity contribution in [2.45, 2.75) is 0 Å². The molecule has 1 aromatic rings. The van der Waals surface area contributed by atoms with Crippen LogP contribution in [0, 0.1) is 21.4 Å². The zero-order valence-electron chi connectivity index (χ0n) is 13.7. The van der Waals surface area contributed by atoms with E-state index in [2.05, 4.69) is 20.9 Å². The van der Waals surface area contributed by atoms with Gasteiger partial charge in [0.2, 0.25) is 0 Å². The fourth-order valence-electron chi connectivity index (χ4n) is 2.35. The van der Waals surface area contributed by atoms with Gasteiger partial charge in [0.15, 0.2) is 0 Å². The van der Waals surface area contributed by atoms with Gasteiger partial charge in [0, 0.05) is 63.3 Å². The van der Waals surface area contributed by atoms with Gasteiger partial charge in [-0.3, -0.25) is 19.8 Å². The topological polar surface area (TPSA) is 123 Å². The van der Waals surface area contributed by atoms with Gasteiger partial charge in [-0.05, 0) is 12.1 Å². The molecule has 1 aromatic carbocycles. The zero-order valence-corrected chi connectivity index (χ0v) is 13.7. The Bertz CT molecular complexity index is 674. The number of anilines is 1. The second-order valence-electron chi connectivity index (χ2n) is 5.47. The molecule has 0 atom stereocenters. The first-order valence-corrected chi connectivity index (χ1v) is 7.92. The number of nitrogens with one attached hydrogen (secondary N) is 3. The molecule has 0 saturated carbocycles. The van der Waals surface area contributed by atoms with Gasteiger partial charge in [0.25, 0.3) is 11.6 Å². The number of piperazine rings is 1. The molecular weight excluding hydrogens is 324 g/mol. The van der Waals surface area contributed by atoms with Crippen molar-refractivity contribution in [3.05, 3.63) is 46.2 Å². The summed E-state index contributed by atoms with van der Waals surface area (Å²) >= 11 is 0. The van der Waals surface area contributed by atoms with Crippen LogP contribution in [-0.2, 0) is 4.79 Å². The predicted molar refractivity (Wildman–Crippen MR) is 92.7 cm³/mol. The fourth-order valence-corrected chi connectivity index (χ4v) is 2.35. The van der Waals surface area contributed by atoms with Crippen molar-refractivity contribution in [1.29, 1.82) is 5.26 Å². The lowest BCUT2D eigenvalue weighted by Crippen LogP contribution is -2.45. The molecule has 0 bridgehead atoms. The molecule has 0 unspecified atom stereocenters. The molecule has 0 radical (unpaired) electrons. The maximum atomic E-state index is 12.1. The SMILES string of the molecule is N#C/C(=C/NCCN1CCNCC1)C(=O)Nc1ccc([N+](=O)[O-])cc1. The molecule has 9 nitrogen and oxygen atoms in total. The molecular formula is C16H20N6O3. The van der Waals surface area contributed by atoms with Crippen LogP contribution in [0.3, 0.4) is 0 Å². The van der Waals surface area contributed by atoms with Gasteiger partial charge in [-0.25, -0.2) is 0 Å². The van der Waals surface area contributed by atoms with E-state index in [0.29, 0.717) is 12.2 Å². The number of nitrogens with zero attached hydrogens (tertiary/aromatic N) is 3. The molecule has 1 aliphatic rings. The van der Waals surface area contributed by atoms with Crippen molar-refractivity contribution >= 4 is 17.3 Å². The van der Waals surface area contributed by atoms with Crippen molar-refractivity contribution in [1.82, 2.24) is 15.5 Å². The van der Waals surface area contributed by atoms with Crippen molar-refractivity contribution in [3.63, 3.8) is 0 Å². The first-order chi connectivity index (χ1) is 12.1. The first kappa shape index (κ1) is 18.4. The maximum absolute atomic E-state index is 12.1. The van der Waals surface area contributed by atoms with Crippen LogP contribution in [0.5, 0.6) is 0 Å². The van der Waals surface area contributed by atoms with Crippen LogP contribution < -0.4 is 16.0 Å². The Morgan fingerprint density at radius 2 is 2.04 bits per heavy atom. The van der Waals surface area contributed by atoms with E-state index in [1.54, 1.807) is 0 Å². The second kappa shape index (κ2) is 9.36. The molecule has 0 aromatic heterocycles. The van der Waals surface area contributed by atoms with E-state index in [-0.39, 0.29) is 11.3 Å². The van der Waals surface area contributed by atoms with Gasteiger partial charge in [0.05, 0.1) is 4.92 Å². The highest BCUT2D eigenvalue weighted by Gasteiger charge is 2.11. The van der Waals surface area contributed by atoms with Crippen LogP contribution in [0.4, 0.5) is 11.4 Å². The smallest absolute Gasteiger partial charge is 0.269 e. The Balaban J connectivity index is 1.82. The van der Waals surface area contributed by atoms with E-state index >= 15 is 0 Å². The molecule has 3 N–H and O–H groups in total. The van der Waals surface area contributed by atoms with E-state index in [1.807, 2.05) is 6.07 Å². The molecule has 1 amide bonds. The summed E-state index contributed by atoms with van der Waals surface area (Å²) in [6, 6.07) is 7.26. The number of nitro groups is 1. The summed E-state index contributed by atoms with van der Waals surface area (Å²) in [5, 5.41) is 28.5.